The van der Waals surface area contributed by atoms with E-state index in [0.29, 0.717) is 0 Å². The Bertz CT molecular complexity index is 504. The van der Waals surface area contributed by atoms with E-state index in [1.54, 1.807) is 19.1 Å². The van der Waals surface area contributed by atoms with Crippen molar-refractivity contribution in [3.05, 3.63) is 29.8 Å². The molecule has 1 unspecified atom stereocenters. The zero-order valence-corrected chi connectivity index (χ0v) is 11.4. The number of aryl methyl sites for hydroxylation is 1. The molecule has 0 saturated heterocycles. The Labute approximate surface area is 107 Å². The van der Waals surface area contributed by atoms with Crippen LogP contribution in [0.4, 0.5) is 0 Å². The molecule has 0 saturated carbocycles. The first kappa shape index (κ1) is 14.7. The summed E-state index contributed by atoms with van der Waals surface area (Å²) < 4.78 is 33.1. The molecule has 0 aliphatic carbocycles. The van der Waals surface area contributed by atoms with E-state index < -0.39 is 22.2 Å². The molecule has 100 valence electrons. The third-order valence-electron chi connectivity index (χ3n) is 2.13. The predicted octanol–water partition coefficient (Wildman–Crippen LogP) is 1.65. The van der Waals surface area contributed by atoms with Crippen LogP contribution in [0, 0.1) is 6.92 Å². The smallest absolute Gasteiger partial charge is 0.302 e. The Balaban J connectivity index is 2.65. The number of carbonyl (C=O) groups is 1. The third-order valence-corrected chi connectivity index (χ3v) is 3.43. The highest BCUT2D eigenvalue weighted by atomic mass is 32.2. The molecule has 0 aliphatic heterocycles. The second kappa shape index (κ2) is 5.97. The third kappa shape index (κ3) is 4.46. The van der Waals surface area contributed by atoms with Gasteiger partial charge in [0.25, 0.3) is 10.1 Å². The first-order chi connectivity index (χ1) is 8.31. The van der Waals surface area contributed by atoms with Gasteiger partial charge in [-0.2, -0.15) is 8.42 Å². The van der Waals surface area contributed by atoms with E-state index in [0.717, 1.165) is 5.56 Å². The van der Waals surface area contributed by atoms with Crippen molar-refractivity contribution in [1.82, 2.24) is 0 Å². The van der Waals surface area contributed by atoms with E-state index in [-0.39, 0.29) is 11.5 Å². The van der Waals surface area contributed by atoms with Crippen LogP contribution in [-0.2, 0) is 23.8 Å². The second-order valence-electron chi connectivity index (χ2n) is 3.97. The molecule has 0 aliphatic rings. The van der Waals surface area contributed by atoms with Crippen molar-refractivity contribution in [2.24, 2.45) is 0 Å². The summed E-state index contributed by atoms with van der Waals surface area (Å²) in [5, 5.41) is 0. The molecular formula is C12H16O5S. The molecule has 1 atom stereocenters. The molecule has 0 fully saturated rings. The second-order valence-corrected chi connectivity index (χ2v) is 5.59. The Morgan fingerprint density at radius 2 is 1.83 bits per heavy atom. The summed E-state index contributed by atoms with van der Waals surface area (Å²) in [5.41, 5.74) is 0.960. The Kier molecular flexibility index (Phi) is 4.86. The molecule has 1 aromatic rings. The molecule has 0 amide bonds. The van der Waals surface area contributed by atoms with Gasteiger partial charge in [-0.15, -0.1) is 0 Å². The van der Waals surface area contributed by atoms with Crippen molar-refractivity contribution in [1.29, 1.82) is 0 Å². The minimum absolute atomic E-state index is 0.0862. The Morgan fingerprint density at radius 3 is 2.33 bits per heavy atom. The molecule has 0 radical (unpaired) electrons. The maximum Gasteiger partial charge on any atom is 0.302 e. The van der Waals surface area contributed by atoms with Crippen molar-refractivity contribution < 1.29 is 22.1 Å². The predicted molar refractivity (Wildman–Crippen MR) is 65.5 cm³/mol. The fourth-order valence-corrected chi connectivity index (χ4v) is 2.25. The zero-order valence-electron chi connectivity index (χ0n) is 10.5. The van der Waals surface area contributed by atoms with Gasteiger partial charge in [-0.25, -0.2) is 0 Å². The van der Waals surface area contributed by atoms with Gasteiger partial charge in [0.15, 0.2) is 0 Å². The molecule has 0 aromatic heterocycles. The minimum Gasteiger partial charge on any atom is -0.460 e. The maximum absolute atomic E-state index is 11.8. The topological polar surface area (TPSA) is 69.7 Å². The highest BCUT2D eigenvalue weighted by Gasteiger charge is 2.17. The summed E-state index contributed by atoms with van der Waals surface area (Å²) >= 11 is 0. The van der Waals surface area contributed by atoms with Crippen LogP contribution in [-0.4, -0.2) is 27.1 Å². The van der Waals surface area contributed by atoms with Gasteiger partial charge in [-0.1, -0.05) is 17.7 Å². The van der Waals surface area contributed by atoms with Crippen LogP contribution in [0.15, 0.2) is 29.2 Å². The first-order valence-corrected chi connectivity index (χ1v) is 6.85. The molecule has 0 N–H and O–H groups in total. The highest BCUT2D eigenvalue weighted by molar-refractivity contribution is 7.86. The molecule has 18 heavy (non-hydrogen) atoms. The maximum atomic E-state index is 11.8. The lowest BCUT2D eigenvalue weighted by atomic mass is 10.2. The van der Waals surface area contributed by atoms with Crippen molar-refractivity contribution in [3.63, 3.8) is 0 Å². The van der Waals surface area contributed by atoms with Crippen molar-refractivity contribution in [3.8, 4) is 0 Å². The molecule has 5 nitrogen and oxygen atoms in total. The lowest BCUT2D eigenvalue weighted by Gasteiger charge is -2.12. The number of benzene rings is 1. The number of esters is 1. The van der Waals surface area contributed by atoms with Gasteiger partial charge < -0.3 is 4.74 Å². The van der Waals surface area contributed by atoms with Gasteiger partial charge >= 0.3 is 5.97 Å². The number of ether oxygens (including phenoxy) is 1. The van der Waals surface area contributed by atoms with Crippen LogP contribution < -0.4 is 0 Å². The van der Waals surface area contributed by atoms with E-state index in [9.17, 15) is 13.2 Å². The summed E-state index contributed by atoms with van der Waals surface area (Å²) in [6.07, 6.45) is -0.609. The quantitative estimate of drug-likeness (QED) is 0.602. The van der Waals surface area contributed by atoms with Crippen molar-refractivity contribution >= 4 is 16.1 Å². The lowest BCUT2D eigenvalue weighted by molar-refractivity contribution is -0.146. The normalized spacial score (nSPS) is 13.1. The van der Waals surface area contributed by atoms with Crippen LogP contribution in [0.5, 0.6) is 0 Å². The number of hydrogen-bond donors (Lipinski definition) is 0. The summed E-state index contributed by atoms with van der Waals surface area (Å²) in [6, 6.07) is 6.32. The summed E-state index contributed by atoms with van der Waals surface area (Å²) in [6.45, 7) is 4.48. The van der Waals surface area contributed by atoms with Gasteiger partial charge in [-0.3, -0.25) is 8.98 Å². The SMILES string of the molecule is CC(=O)OC(C)COS(=O)(=O)c1ccc(C)cc1. The van der Waals surface area contributed by atoms with Crippen LogP contribution in [0.2, 0.25) is 0 Å². The molecule has 0 spiro atoms. The molecule has 6 heteroatoms. The monoisotopic (exact) mass is 272 g/mol. The highest BCUT2D eigenvalue weighted by Crippen LogP contribution is 2.13. The van der Waals surface area contributed by atoms with Crippen LogP contribution in [0.3, 0.4) is 0 Å². The molecule has 0 heterocycles. The molecular weight excluding hydrogens is 256 g/mol. The average molecular weight is 272 g/mol. The standard InChI is InChI=1S/C12H16O5S/c1-9-4-6-12(7-5-9)18(14,15)16-8-10(2)17-11(3)13/h4-7,10H,8H2,1-3H3. The summed E-state index contributed by atoms with van der Waals surface area (Å²) in [5.74, 6) is -0.473. The summed E-state index contributed by atoms with van der Waals surface area (Å²) in [4.78, 5) is 10.7. The van der Waals surface area contributed by atoms with Crippen molar-refractivity contribution in [2.45, 2.75) is 31.8 Å². The minimum atomic E-state index is -3.80. The average Bonchev–Trinajstić information content (AvgIpc) is 2.26. The van der Waals surface area contributed by atoms with Gasteiger partial charge in [0.2, 0.25) is 0 Å². The van der Waals surface area contributed by atoms with Crippen LogP contribution >= 0.6 is 0 Å². The number of hydrogen-bond acceptors (Lipinski definition) is 5. The Morgan fingerprint density at radius 1 is 1.28 bits per heavy atom. The van der Waals surface area contributed by atoms with Gasteiger partial charge in [0.1, 0.15) is 12.7 Å². The Hall–Kier alpha value is -1.40. The van der Waals surface area contributed by atoms with E-state index in [1.807, 2.05) is 6.92 Å². The van der Waals surface area contributed by atoms with Gasteiger partial charge in [-0.05, 0) is 26.0 Å². The first-order valence-electron chi connectivity index (χ1n) is 5.44. The molecule has 1 aromatic carbocycles. The van der Waals surface area contributed by atoms with Crippen LogP contribution in [0.25, 0.3) is 0 Å². The lowest BCUT2D eigenvalue weighted by Crippen LogP contribution is -2.21. The fourth-order valence-electron chi connectivity index (χ4n) is 1.28. The fraction of sp³-hybridized carbons (Fsp3) is 0.417. The summed E-state index contributed by atoms with van der Waals surface area (Å²) in [7, 11) is -3.80. The van der Waals surface area contributed by atoms with Gasteiger partial charge in [0, 0.05) is 6.92 Å². The van der Waals surface area contributed by atoms with E-state index in [1.165, 1.54) is 19.1 Å². The largest absolute Gasteiger partial charge is 0.460 e. The molecule has 0 bridgehead atoms. The number of carbonyl (C=O) groups excluding carboxylic acids is 1. The van der Waals surface area contributed by atoms with Crippen LogP contribution in [0.1, 0.15) is 19.4 Å². The zero-order chi connectivity index (χ0) is 13.8. The van der Waals surface area contributed by atoms with Gasteiger partial charge in [0.05, 0.1) is 4.90 Å². The van der Waals surface area contributed by atoms with E-state index in [2.05, 4.69) is 0 Å². The molecule has 1 rings (SSSR count). The number of rotatable bonds is 5. The van der Waals surface area contributed by atoms with E-state index >= 15 is 0 Å². The van der Waals surface area contributed by atoms with E-state index in [4.69, 9.17) is 8.92 Å². The van der Waals surface area contributed by atoms with Crippen molar-refractivity contribution in [2.75, 3.05) is 6.61 Å².